The van der Waals surface area contributed by atoms with E-state index >= 15 is 0 Å². The van der Waals surface area contributed by atoms with Crippen molar-refractivity contribution >= 4 is 16.1 Å². The third-order valence-corrected chi connectivity index (χ3v) is 5.96. The zero-order chi connectivity index (χ0) is 18.0. The van der Waals surface area contributed by atoms with Crippen LogP contribution >= 0.6 is 0 Å². The van der Waals surface area contributed by atoms with Gasteiger partial charge in [0.05, 0.1) is 12.9 Å². The van der Waals surface area contributed by atoms with Crippen molar-refractivity contribution < 1.29 is 13.5 Å². The van der Waals surface area contributed by atoms with Crippen molar-refractivity contribution in [1.29, 1.82) is 0 Å². The van der Waals surface area contributed by atoms with Crippen LogP contribution in [-0.2, 0) is 10.0 Å². The van der Waals surface area contributed by atoms with E-state index in [2.05, 4.69) is 40.0 Å². The number of benzene rings is 1. The van der Waals surface area contributed by atoms with Gasteiger partial charge >= 0.3 is 0 Å². The zero-order valence-corrected chi connectivity index (χ0v) is 15.7. The fourth-order valence-electron chi connectivity index (χ4n) is 3.85. The first-order valence-corrected chi connectivity index (χ1v) is 10.9. The number of aliphatic hydroxyl groups is 1. The summed E-state index contributed by atoms with van der Waals surface area (Å²) in [5.41, 5.74) is 2.31. The molecule has 3 atom stereocenters. The summed E-state index contributed by atoms with van der Waals surface area (Å²) in [5.74, 6) is 0.852. The van der Waals surface area contributed by atoms with Gasteiger partial charge in [-0.15, -0.1) is 0 Å². The Balaban J connectivity index is 1.79. The number of likely N-dealkylation sites (tertiary alicyclic amines) is 1. The van der Waals surface area contributed by atoms with Crippen LogP contribution in [0.3, 0.4) is 0 Å². The van der Waals surface area contributed by atoms with E-state index in [0.29, 0.717) is 12.5 Å². The van der Waals surface area contributed by atoms with Crippen LogP contribution in [0.5, 0.6) is 0 Å². The Hall–Kier alpha value is -1.21. The van der Waals surface area contributed by atoms with Crippen LogP contribution in [0, 0.1) is 5.92 Å². The maximum absolute atomic E-state index is 11.5. The summed E-state index contributed by atoms with van der Waals surface area (Å²) < 4.78 is 25.7. The Morgan fingerprint density at radius 2 is 1.92 bits per heavy atom. The second-order valence-electron chi connectivity index (χ2n) is 7.27. The summed E-state index contributed by atoms with van der Waals surface area (Å²) in [6.45, 7) is 3.44. The number of nitrogens with one attached hydrogen (secondary N) is 1. The monoisotopic (exact) mass is 364 g/mol. The molecule has 2 N–H and O–H groups in total. The van der Waals surface area contributed by atoms with E-state index in [1.54, 1.807) is 0 Å². The first-order valence-electron chi connectivity index (χ1n) is 8.97. The van der Waals surface area contributed by atoms with Crippen LogP contribution in [0.15, 0.2) is 30.3 Å². The van der Waals surface area contributed by atoms with Gasteiger partial charge in [-0.1, -0.05) is 36.4 Å². The summed E-state index contributed by atoms with van der Waals surface area (Å²) in [7, 11) is -3.22. The summed E-state index contributed by atoms with van der Waals surface area (Å²) in [5, 5.41) is 9.91. The molecule has 25 heavy (non-hydrogen) atoms. The van der Waals surface area contributed by atoms with E-state index in [1.807, 2.05) is 13.0 Å². The van der Waals surface area contributed by atoms with Gasteiger partial charge in [0.1, 0.15) is 0 Å². The minimum absolute atomic E-state index is 0.0690. The molecule has 1 heterocycles. The first kappa shape index (κ1) is 18.6. The van der Waals surface area contributed by atoms with Gasteiger partial charge in [0.2, 0.25) is 10.0 Å². The van der Waals surface area contributed by atoms with Gasteiger partial charge in [0.15, 0.2) is 0 Å². The molecule has 1 aliphatic carbocycles. The van der Waals surface area contributed by atoms with Crippen molar-refractivity contribution in [3.63, 3.8) is 0 Å². The highest BCUT2D eigenvalue weighted by atomic mass is 32.2. The molecule has 0 radical (unpaired) electrons. The van der Waals surface area contributed by atoms with Crippen LogP contribution in [0.1, 0.15) is 36.8 Å². The van der Waals surface area contributed by atoms with E-state index in [9.17, 15) is 13.5 Å². The Kier molecular flexibility index (Phi) is 5.63. The molecular formula is C19H28N2O3S. The molecule has 1 aromatic carbocycles. The maximum Gasteiger partial charge on any atom is 0.208 e. The highest BCUT2D eigenvalue weighted by Gasteiger charge is 2.49. The van der Waals surface area contributed by atoms with Gasteiger partial charge in [-0.25, -0.2) is 13.1 Å². The van der Waals surface area contributed by atoms with Gasteiger partial charge in [-0.05, 0) is 36.8 Å². The Bertz CT molecular complexity index is 711. The standard InChI is InChI=1S/C19H28N2O3S/c1-3-4-14-7-9-16(10-8-14)19-17(11-20-25(2,23)24)21(18(19)13-22)12-15-5-6-15/h3-4,7-10,15,17-20,22H,5-6,11-13H2,1-2H3/b4-3+/t17-,18+,19+/m1/s1. The van der Waals surface area contributed by atoms with Crippen molar-refractivity contribution in [3.8, 4) is 0 Å². The summed E-state index contributed by atoms with van der Waals surface area (Å²) in [6.07, 6.45) is 7.73. The average Bonchev–Trinajstić information content (AvgIpc) is 3.36. The van der Waals surface area contributed by atoms with E-state index in [-0.39, 0.29) is 24.6 Å². The zero-order valence-electron chi connectivity index (χ0n) is 14.9. The number of aliphatic hydroxyl groups excluding tert-OH is 1. The van der Waals surface area contributed by atoms with E-state index < -0.39 is 10.0 Å². The molecule has 1 aliphatic heterocycles. The summed E-state index contributed by atoms with van der Waals surface area (Å²) >= 11 is 0. The van der Waals surface area contributed by atoms with Crippen molar-refractivity contribution in [2.24, 2.45) is 5.92 Å². The van der Waals surface area contributed by atoms with Gasteiger partial charge in [-0.3, -0.25) is 4.90 Å². The van der Waals surface area contributed by atoms with Crippen LogP contribution in [-0.4, -0.2) is 56.5 Å². The molecule has 0 spiro atoms. The molecule has 1 saturated carbocycles. The van der Waals surface area contributed by atoms with Crippen LogP contribution < -0.4 is 4.72 Å². The van der Waals surface area contributed by atoms with Gasteiger partial charge in [-0.2, -0.15) is 0 Å². The molecule has 0 bridgehead atoms. The SMILES string of the molecule is C/C=C/c1ccc([C@H]2[C@@H](CNS(C)(=O)=O)N(CC3CC3)[C@H]2CO)cc1. The molecule has 1 saturated heterocycles. The van der Waals surface area contributed by atoms with Crippen LogP contribution in [0.25, 0.3) is 6.08 Å². The lowest BCUT2D eigenvalue weighted by molar-refractivity contribution is -0.0432. The van der Waals surface area contributed by atoms with Crippen LogP contribution in [0.4, 0.5) is 0 Å². The van der Waals surface area contributed by atoms with Crippen molar-refractivity contribution in [1.82, 2.24) is 9.62 Å². The fourth-order valence-corrected chi connectivity index (χ4v) is 4.32. The Morgan fingerprint density at radius 3 is 2.44 bits per heavy atom. The minimum Gasteiger partial charge on any atom is -0.395 e. The number of nitrogens with zero attached hydrogens (tertiary/aromatic N) is 1. The number of allylic oxidation sites excluding steroid dienone is 1. The highest BCUT2D eigenvalue weighted by Crippen LogP contribution is 2.43. The lowest BCUT2D eigenvalue weighted by Gasteiger charge is -2.55. The predicted molar refractivity (Wildman–Crippen MR) is 101 cm³/mol. The number of hydrogen-bond donors (Lipinski definition) is 2. The quantitative estimate of drug-likeness (QED) is 0.738. The van der Waals surface area contributed by atoms with Gasteiger partial charge in [0, 0.05) is 31.1 Å². The molecule has 2 aliphatic rings. The topological polar surface area (TPSA) is 69.6 Å². The Labute approximate surface area is 150 Å². The van der Waals surface area contributed by atoms with Gasteiger partial charge < -0.3 is 5.11 Å². The van der Waals surface area contributed by atoms with Gasteiger partial charge in [0.25, 0.3) is 0 Å². The molecule has 2 fully saturated rings. The lowest BCUT2D eigenvalue weighted by atomic mass is 9.75. The largest absolute Gasteiger partial charge is 0.395 e. The lowest BCUT2D eigenvalue weighted by Crippen LogP contribution is -2.67. The smallest absolute Gasteiger partial charge is 0.208 e. The molecule has 0 unspecified atom stereocenters. The van der Waals surface area contributed by atoms with Crippen molar-refractivity contribution in [2.75, 3.05) is 26.0 Å². The van der Waals surface area contributed by atoms with Crippen molar-refractivity contribution in [2.45, 2.75) is 37.8 Å². The van der Waals surface area contributed by atoms with E-state index in [0.717, 1.165) is 12.1 Å². The molecule has 5 nitrogen and oxygen atoms in total. The average molecular weight is 365 g/mol. The van der Waals surface area contributed by atoms with Crippen LogP contribution in [0.2, 0.25) is 0 Å². The summed E-state index contributed by atoms with van der Waals surface area (Å²) in [4.78, 5) is 2.29. The van der Waals surface area contributed by atoms with E-state index in [4.69, 9.17) is 0 Å². The molecule has 0 amide bonds. The molecular weight excluding hydrogens is 336 g/mol. The molecule has 1 aromatic rings. The second-order valence-corrected chi connectivity index (χ2v) is 9.10. The predicted octanol–water partition coefficient (Wildman–Crippen LogP) is 1.81. The number of hydrogen-bond acceptors (Lipinski definition) is 4. The second kappa shape index (κ2) is 7.58. The number of sulfonamides is 1. The van der Waals surface area contributed by atoms with Crippen molar-refractivity contribution in [3.05, 3.63) is 41.5 Å². The third kappa shape index (κ3) is 4.50. The van der Waals surface area contributed by atoms with E-state index in [1.165, 1.54) is 24.7 Å². The minimum atomic E-state index is -3.22. The molecule has 138 valence electrons. The summed E-state index contributed by atoms with van der Waals surface area (Å²) in [6, 6.07) is 8.53. The maximum atomic E-state index is 11.5. The molecule has 6 heteroatoms. The molecule has 3 rings (SSSR count). The third-order valence-electron chi connectivity index (χ3n) is 5.27. The highest BCUT2D eigenvalue weighted by molar-refractivity contribution is 7.88. The Morgan fingerprint density at radius 1 is 1.24 bits per heavy atom. The fraction of sp³-hybridized carbons (Fsp3) is 0.579. The number of rotatable bonds is 8. The first-order chi connectivity index (χ1) is 11.9. The normalized spacial score (nSPS) is 27.6. The molecule has 0 aromatic heterocycles.